The Hall–Kier alpha value is -2.70. The van der Waals surface area contributed by atoms with Crippen LogP contribution in [0.4, 0.5) is 0 Å². The van der Waals surface area contributed by atoms with Gasteiger partial charge in [0.05, 0.1) is 11.2 Å². The number of rotatable bonds is 4. The van der Waals surface area contributed by atoms with Crippen molar-refractivity contribution < 1.29 is 9.31 Å². The van der Waals surface area contributed by atoms with E-state index < -0.39 is 18.3 Å². The highest BCUT2D eigenvalue weighted by molar-refractivity contribution is 6.70. The monoisotopic (exact) mass is 555 g/mol. The molecular formula is C27H36B11N3O2. The molecule has 1 aromatic heterocycles. The summed E-state index contributed by atoms with van der Waals surface area (Å²) in [6.07, 6.45) is 0. The summed E-state index contributed by atoms with van der Waals surface area (Å²) in [7, 11) is 21.5. The molecule has 0 saturated carbocycles. The molecule has 2 heterocycles. The van der Waals surface area contributed by atoms with E-state index in [0.29, 0.717) is 17.5 Å². The minimum absolute atomic E-state index is 0.394. The fraction of sp³-hybridized carbons (Fsp3) is 0.222. The highest BCUT2D eigenvalue weighted by Gasteiger charge is 2.51. The normalized spacial score (nSPS) is 15.6. The SMILES string of the molecule is Bc1c(B)c(B)c(-c2nc(-c3ccc(B4OC(C)(C)C(C)(C)O4)cc3)nc(-c3c(B)c(B)c(B)c(B)c3B)n2)c(B)c1B. The zero-order valence-corrected chi connectivity index (χ0v) is 28.5. The first-order valence-electron chi connectivity index (χ1n) is 15.3. The number of benzene rings is 3. The summed E-state index contributed by atoms with van der Waals surface area (Å²) in [6, 6.07) is 8.27. The Morgan fingerprint density at radius 3 is 1.12 bits per heavy atom. The fourth-order valence-electron chi connectivity index (χ4n) is 6.17. The van der Waals surface area contributed by atoms with Crippen LogP contribution in [-0.2, 0) is 9.31 Å². The van der Waals surface area contributed by atoms with Crippen LogP contribution in [0.3, 0.4) is 0 Å². The molecule has 5 rings (SSSR count). The Morgan fingerprint density at radius 2 is 0.767 bits per heavy atom. The van der Waals surface area contributed by atoms with Crippen LogP contribution >= 0.6 is 0 Å². The Bertz CT molecular complexity index is 1640. The van der Waals surface area contributed by atoms with E-state index in [4.69, 9.17) is 24.3 Å². The van der Waals surface area contributed by atoms with Gasteiger partial charge in [-0.25, -0.2) is 15.0 Å². The van der Waals surface area contributed by atoms with Crippen molar-refractivity contribution in [3.63, 3.8) is 0 Å². The second-order valence-corrected chi connectivity index (χ2v) is 13.5. The van der Waals surface area contributed by atoms with Crippen molar-refractivity contribution >= 4 is 146 Å². The van der Waals surface area contributed by atoms with Gasteiger partial charge in [0.2, 0.25) is 0 Å². The molecule has 1 aliphatic rings. The standard InChI is InChI=1S/C27H36B11N3O2/c1-26(2)27(3,4)43-38(42-26)10-7-5-9(6-8-10)23-39-24(11-13(28)17(32)21(36)18(33)14(11)29)41-25(40-23)12-15(30)19(34)22(37)20(35)16(12)31/h5-8H,28-37H2,1-4H3. The third-order valence-electron chi connectivity index (χ3n) is 10.8. The Kier molecular flexibility index (Phi) is 8.14. The second-order valence-electron chi connectivity index (χ2n) is 13.5. The molecule has 3 aromatic carbocycles. The summed E-state index contributed by atoms with van der Waals surface area (Å²) in [5, 5.41) is 0. The number of hydrogen-bond acceptors (Lipinski definition) is 5. The number of aromatic nitrogens is 3. The van der Waals surface area contributed by atoms with Crippen LogP contribution in [0.5, 0.6) is 0 Å². The zero-order chi connectivity index (χ0) is 31.8. The molecule has 0 atom stereocenters. The Morgan fingerprint density at radius 1 is 0.465 bits per heavy atom. The van der Waals surface area contributed by atoms with Crippen LogP contribution in [0.25, 0.3) is 34.2 Å². The molecule has 16 heteroatoms. The molecule has 0 spiro atoms. The van der Waals surface area contributed by atoms with Crippen LogP contribution in [0, 0.1) is 0 Å². The van der Waals surface area contributed by atoms with Gasteiger partial charge in [0.25, 0.3) is 0 Å². The van der Waals surface area contributed by atoms with E-state index in [1.54, 1.807) is 0 Å². The molecule has 204 valence electrons. The average Bonchev–Trinajstić information content (AvgIpc) is 3.19. The van der Waals surface area contributed by atoms with Crippen LogP contribution < -0.4 is 60.1 Å². The van der Waals surface area contributed by atoms with Crippen LogP contribution in [0.15, 0.2) is 24.3 Å². The van der Waals surface area contributed by atoms with Gasteiger partial charge in [0.15, 0.2) is 17.5 Å². The van der Waals surface area contributed by atoms with Crippen LogP contribution in [0.1, 0.15) is 27.7 Å². The van der Waals surface area contributed by atoms with E-state index in [0.717, 1.165) is 22.2 Å². The predicted octanol–water partition coefficient (Wildman–Crippen LogP) is -12.2. The van der Waals surface area contributed by atoms with Crippen molar-refractivity contribution in [2.24, 2.45) is 0 Å². The molecule has 43 heavy (non-hydrogen) atoms. The van der Waals surface area contributed by atoms with Gasteiger partial charge in [-0.2, -0.15) is 0 Å². The molecule has 1 saturated heterocycles. The smallest absolute Gasteiger partial charge is 0.399 e. The first-order valence-corrected chi connectivity index (χ1v) is 15.3. The molecule has 1 aliphatic heterocycles. The van der Waals surface area contributed by atoms with Crippen LogP contribution in [-0.4, -0.2) is 112 Å². The third kappa shape index (κ3) is 5.23. The zero-order valence-electron chi connectivity index (χ0n) is 28.5. The van der Waals surface area contributed by atoms with Gasteiger partial charge in [-0.15, -0.1) is 32.8 Å². The molecule has 0 bridgehead atoms. The summed E-state index contributed by atoms with van der Waals surface area (Å²) >= 11 is 0. The Labute approximate surface area is 266 Å². The fourth-order valence-corrected chi connectivity index (χ4v) is 6.17. The van der Waals surface area contributed by atoms with Gasteiger partial charge < -0.3 is 9.31 Å². The maximum absolute atomic E-state index is 6.30. The molecule has 0 unspecified atom stereocenters. The number of nitrogens with zero attached hydrogens (tertiary/aromatic N) is 3. The van der Waals surface area contributed by atoms with Crippen molar-refractivity contribution in [1.29, 1.82) is 0 Å². The minimum Gasteiger partial charge on any atom is -0.399 e. The summed E-state index contributed by atoms with van der Waals surface area (Å²) in [5.74, 6) is 2.08. The lowest BCUT2D eigenvalue weighted by Crippen LogP contribution is -2.55. The highest BCUT2D eigenvalue weighted by atomic mass is 16.7. The largest absolute Gasteiger partial charge is 0.494 e. The van der Waals surface area contributed by atoms with Crippen LogP contribution in [0.2, 0.25) is 0 Å². The van der Waals surface area contributed by atoms with Crippen molar-refractivity contribution in [1.82, 2.24) is 15.0 Å². The lowest BCUT2D eigenvalue weighted by Gasteiger charge is -2.32. The van der Waals surface area contributed by atoms with Gasteiger partial charge in [-0.3, -0.25) is 0 Å². The van der Waals surface area contributed by atoms with E-state index in [-0.39, 0.29) is 0 Å². The summed E-state index contributed by atoms with van der Waals surface area (Å²) in [6.45, 7) is 8.30. The van der Waals surface area contributed by atoms with Crippen molar-refractivity contribution in [3.8, 4) is 34.2 Å². The molecule has 0 N–H and O–H groups in total. The maximum Gasteiger partial charge on any atom is 0.494 e. The van der Waals surface area contributed by atoms with Gasteiger partial charge >= 0.3 is 7.12 Å². The second kappa shape index (κ2) is 11.0. The molecule has 1 fully saturated rings. The van der Waals surface area contributed by atoms with Crippen molar-refractivity contribution in [3.05, 3.63) is 24.3 Å². The van der Waals surface area contributed by atoms with Gasteiger partial charge in [0, 0.05) is 16.7 Å². The molecule has 5 nitrogen and oxygen atoms in total. The van der Waals surface area contributed by atoms with E-state index in [2.05, 4.69) is 130 Å². The first kappa shape index (κ1) is 31.7. The lowest BCUT2D eigenvalue weighted by atomic mass is 9.60. The van der Waals surface area contributed by atoms with E-state index >= 15 is 0 Å². The molecule has 4 aromatic rings. The van der Waals surface area contributed by atoms with E-state index in [1.165, 1.54) is 54.6 Å². The summed E-state index contributed by atoms with van der Waals surface area (Å²) in [5.41, 5.74) is 15.9. The topological polar surface area (TPSA) is 57.1 Å². The van der Waals surface area contributed by atoms with Gasteiger partial charge in [0.1, 0.15) is 78.5 Å². The van der Waals surface area contributed by atoms with E-state index in [9.17, 15) is 0 Å². The third-order valence-corrected chi connectivity index (χ3v) is 10.8. The number of hydrogen-bond donors (Lipinski definition) is 0. The maximum atomic E-state index is 6.30. The van der Waals surface area contributed by atoms with Crippen molar-refractivity contribution in [2.45, 2.75) is 38.9 Å². The lowest BCUT2D eigenvalue weighted by molar-refractivity contribution is 0.00578. The minimum atomic E-state index is -0.420. The molecule has 0 aliphatic carbocycles. The van der Waals surface area contributed by atoms with Crippen molar-refractivity contribution in [2.75, 3.05) is 0 Å². The predicted molar refractivity (Wildman–Crippen MR) is 214 cm³/mol. The average molecular weight is 554 g/mol. The van der Waals surface area contributed by atoms with E-state index in [1.807, 2.05) is 0 Å². The first-order chi connectivity index (χ1) is 20.0. The highest BCUT2D eigenvalue weighted by Crippen LogP contribution is 2.36. The quantitative estimate of drug-likeness (QED) is 0.235. The van der Waals surface area contributed by atoms with Gasteiger partial charge in [-0.1, -0.05) is 46.1 Å². The molecule has 0 radical (unpaired) electrons. The summed E-state index contributed by atoms with van der Waals surface area (Å²) < 4.78 is 12.6. The molecule has 0 amide bonds. The van der Waals surface area contributed by atoms with Gasteiger partial charge in [-0.05, 0) is 33.2 Å². The Balaban J connectivity index is 1.72. The molecular weight excluding hydrogens is 517 g/mol. The summed E-state index contributed by atoms with van der Waals surface area (Å²) in [4.78, 5) is 15.5.